The molecule has 2 rings (SSSR count). The molecule has 16 heavy (non-hydrogen) atoms. The summed E-state index contributed by atoms with van der Waals surface area (Å²) in [7, 11) is 0. The van der Waals surface area contributed by atoms with Crippen LogP contribution in [0.2, 0.25) is 0 Å². The van der Waals surface area contributed by atoms with Gasteiger partial charge < -0.3 is 14.2 Å². The summed E-state index contributed by atoms with van der Waals surface area (Å²) in [6, 6.07) is 3.93. The van der Waals surface area contributed by atoms with Gasteiger partial charge in [0.1, 0.15) is 5.75 Å². The van der Waals surface area contributed by atoms with Gasteiger partial charge in [0.15, 0.2) is 6.29 Å². The summed E-state index contributed by atoms with van der Waals surface area (Å²) < 4.78 is 18.2. The predicted molar refractivity (Wildman–Crippen MR) is 67.7 cm³/mol. The molecular weight excluding hydrogens is 340 g/mol. The van der Waals surface area contributed by atoms with Crippen molar-refractivity contribution in [2.24, 2.45) is 0 Å². The summed E-state index contributed by atoms with van der Waals surface area (Å²) >= 11 is 6.96. The number of ether oxygens (including phenoxy) is 3. The quantitative estimate of drug-likeness (QED) is 0.831. The number of hydrogen-bond donors (Lipinski definition) is 0. The second-order valence-electron chi connectivity index (χ2n) is 3.32. The molecule has 0 bridgehead atoms. The highest BCUT2D eigenvalue weighted by molar-refractivity contribution is 9.11. The molecule has 3 nitrogen and oxygen atoms in total. The second kappa shape index (κ2) is 5.49. The van der Waals surface area contributed by atoms with E-state index in [9.17, 15) is 0 Å². The molecule has 1 aliphatic heterocycles. The van der Waals surface area contributed by atoms with Crippen LogP contribution in [0.3, 0.4) is 0 Å². The van der Waals surface area contributed by atoms with Gasteiger partial charge >= 0.3 is 0 Å². The van der Waals surface area contributed by atoms with Gasteiger partial charge in [0.25, 0.3) is 0 Å². The van der Waals surface area contributed by atoms with Crippen LogP contribution in [-0.4, -0.2) is 19.8 Å². The number of rotatable bonds is 3. The van der Waals surface area contributed by atoms with Crippen molar-refractivity contribution in [1.29, 1.82) is 0 Å². The number of benzene rings is 1. The van der Waals surface area contributed by atoms with E-state index in [0.29, 0.717) is 19.8 Å². The molecule has 0 atom stereocenters. The molecule has 0 spiro atoms. The first-order chi connectivity index (χ1) is 7.72. The van der Waals surface area contributed by atoms with Crippen molar-refractivity contribution in [3.8, 4) is 5.75 Å². The Bertz CT molecular complexity index is 352. The lowest BCUT2D eigenvalue weighted by molar-refractivity contribution is -0.0442. The second-order valence-corrected chi connectivity index (χ2v) is 5.03. The Kier molecular flexibility index (Phi) is 4.24. The summed E-state index contributed by atoms with van der Waals surface area (Å²) in [5, 5.41) is 0. The van der Waals surface area contributed by atoms with Crippen LogP contribution in [-0.2, 0) is 9.47 Å². The fourth-order valence-electron chi connectivity index (χ4n) is 1.55. The van der Waals surface area contributed by atoms with Gasteiger partial charge in [-0.3, -0.25) is 0 Å². The molecule has 1 aromatic carbocycles. The Morgan fingerprint density at radius 2 is 1.81 bits per heavy atom. The van der Waals surface area contributed by atoms with Crippen LogP contribution in [0, 0.1) is 0 Å². The molecule has 0 saturated carbocycles. The van der Waals surface area contributed by atoms with Gasteiger partial charge in [-0.25, -0.2) is 0 Å². The van der Waals surface area contributed by atoms with Gasteiger partial charge in [-0.15, -0.1) is 0 Å². The first-order valence-electron chi connectivity index (χ1n) is 5.07. The Balaban J connectivity index is 2.28. The van der Waals surface area contributed by atoms with Crippen molar-refractivity contribution in [1.82, 2.24) is 0 Å². The monoisotopic (exact) mass is 350 g/mol. The molecule has 1 aliphatic rings. The molecule has 0 aromatic heterocycles. The van der Waals surface area contributed by atoms with Crippen LogP contribution >= 0.6 is 31.9 Å². The maximum atomic E-state index is 5.51. The van der Waals surface area contributed by atoms with E-state index in [1.165, 1.54) is 0 Å². The van der Waals surface area contributed by atoms with Gasteiger partial charge in [-0.2, -0.15) is 0 Å². The Hall–Kier alpha value is -0.100. The largest absolute Gasteiger partial charge is 0.492 e. The van der Waals surface area contributed by atoms with E-state index in [-0.39, 0.29) is 6.29 Å². The van der Waals surface area contributed by atoms with Gasteiger partial charge in [-0.05, 0) is 50.9 Å². The molecule has 0 aliphatic carbocycles. The van der Waals surface area contributed by atoms with Crippen LogP contribution in [0.1, 0.15) is 18.8 Å². The van der Waals surface area contributed by atoms with Crippen LogP contribution < -0.4 is 4.74 Å². The Labute approximate surface area is 111 Å². The standard InChI is InChI=1S/C11H12Br2O3/c1-2-14-10-8(12)5-7(6-9(10)13)11-15-3-4-16-11/h5-6,11H,2-4H2,1H3. The normalized spacial score (nSPS) is 16.7. The summed E-state index contributed by atoms with van der Waals surface area (Å²) in [5.74, 6) is 0.809. The first kappa shape index (κ1) is 12.4. The third kappa shape index (κ3) is 2.59. The van der Waals surface area contributed by atoms with E-state index in [1.54, 1.807) is 0 Å². The average Bonchev–Trinajstić information content (AvgIpc) is 2.76. The van der Waals surface area contributed by atoms with Crippen LogP contribution in [0.4, 0.5) is 0 Å². The SMILES string of the molecule is CCOc1c(Br)cc(C2OCCO2)cc1Br. The minimum Gasteiger partial charge on any atom is -0.492 e. The topological polar surface area (TPSA) is 27.7 Å². The highest BCUT2D eigenvalue weighted by Gasteiger charge is 2.20. The summed E-state index contributed by atoms with van der Waals surface area (Å²) in [6.45, 7) is 3.88. The molecular formula is C11H12Br2O3. The Morgan fingerprint density at radius 3 is 2.31 bits per heavy atom. The third-order valence-corrected chi connectivity index (χ3v) is 3.38. The zero-order valence-corrected chi connectivity index (χ0v) is 12.0. The van der Waals surface area contributed by atoms with Crippen molar-refractivity contribution >= 4 is 31.9 Å². The molecule has 1 heterocycles. The summed E-state index contributed by atoms with van der Waals surface area (Å²) in [5.41, 5.74) is 0.986. The van der Waals surface area contributed by atoms with E-state index in [4.69, 9.17) is 14.2 Å². The van der Waals surface area contributed by atoms with Crippen LogP contribution in [0.15, 0.2) is 21.1 Å². The first-order valence-corrected chi connectivity index (χ1v) is 6.66. The summed E-state index contributed by atoms with van der Waals surface area (Å²) in [6.07, 6.45) is -0.261. The van der Waals surface area contributed by atoms with Crippen molar-refractivity contribution in [3.05, 3.63) is 26.6 Å². The summed E-state index contributed by atoms with van der Waals surface area (Å²) in [4.78, 5) is 0. The highest BCUT2D eigenvalue weighted by Crippen LogP contribution is 2.37. The molecule has 1 saturated heterocycles. The van der Waals surface area contributed by atoms with Crippen molar-refractivity contribution in [2.75, 3.05) is 19.8 Å². The van der Waals surface area contributed by atoms with E-state index in [0.717, 1.165) is 20.3 Å². The molecule has 1 fully saturated rings. The van der Waals surface area contributed by atoms with Crippen molar-refractivity contribution in [3.63, 3.8) is 0 Å². The molecule has 1 aromatic rings. The van der Waals surface area contributed by atoms with E-state index in [1.807, 2.05) is 19.1 Å². The fraction of sp³-hybridized carbons (Fsp3) is 0.455. The van der Waals surface area contributed by atoms with E-state index < -0.39 is 0 Å². The smallest absolute Gasteiger partial charge is 0.184 e. The Morgan fingerprint density at radius 1 is 1.25 bits per heavy atom. The van der Waals surface area contributed by atoms with Gasteiger partial charge in [-0.1, -0.05) is 0 Å². The maximum absolute atomic E-state index is 5.51. The van der Waals surface area contributed by atoms with Crippen molar-refractivity contribution in [2.45, 2.75) is 13.2 Å². The predicted octanol–water partition coefficient (Wildman–Crippen LogP) is 3.66. The number of halogens is 2. The molecule has 0 N–H and O–H groups in total. The average molecular weight is 352 g/mol. The number of hydrogen-bond acceptors (Lipinski definition) is 3. The molecule has 0 radical (unpaired) electrons. The van der Waals surface area contributed by atoms with Gasteiger partial charge in [0.05, 0.1) is 28.8 Å². The van der Waals surface area contributed by atoms with Gasteiger partial charge in [0, 0.05) is 5.56 Å². The van der Waals surface area contributed by atoms with Gasteiger partial charge in [0.2, 0.25) is 0 Å². The third-order valence-electron chi connectivity index (χ3n) is 2.20. The molecule has 0 unspecified atom stereocenters. The zero-order valence-electron chi connectivity index (χ0n) is 8.83. The maximum Gasteiger partial charge on any atom is 0.184 e. The molecule has 0 amide bonds. The van der Waals surface area contributed by atoms with E-state index >= 15 is 0 Å². The minimum atomic E-state index is -0.261. The lowest BCUT2D eigenvalue weighted by atomic mass is 10.2. The highest BCUT2D eigenvalue weighted by atomic mass is 79.9. The zero-order chi connectivity index (χ0) is 11.5. The molecule has 5 heteroatoms. The van der Waals surface area contributed by atoms with E-state index in [2.05, 4.69) is 31.9 Å². The lowest BCUT2D eigenvalue weighted by Crippen LogP contribution is -2.00. The lowest BCUT2D eigenvalue weighted by Gasteiger charge is -2.14. The van der Waals surface area contributed by atoms with Crippen molar-refractivity contribution < 1.29 is 14.2 Å². The molecule has 88 valence electrons. The van der Waals surface area contributed by atoms with Crippen LogP contribution in [0.25, 0.3) is 0 Å². The van der Waals surface area contributed by atoms with Crippen LogP contribution in [0.5, 0.6) is 5.75 Å². The minimum absolute atomic E-state index is 0.261. The fourth-order valence-corrected chi connectivity index (χ4v) is 3.00.